The largest absolute Gasteiger partial charge is 0.454 e. The minimum Gasteiger partial charge on any atom is -0.454 e. The van der Waals surface area contributed by atoms with Crippen LogP contribution in [0.15, 0.2) is 223 Å². The molecule has 0 saturated carbocycles. The van der Waals surface area contributed by atoms with Gasteiger partial charge in [0.1, 0.15) is 5.58 Å². The molecule has 9 aromatic carbocycles. The summed E-state index contributed by atoms with van der Waals surface area (Å²) < 4.78 is 7.06. The zero-order valence-electron chi connectivity index (χ0n) is 34.7. The molecule has 64 heavy (non-hydrogen) atoms. The normalized spacial score (nSPS) is 13.3. The molecule has 11 aromatic rings. The molecule has 5 heteroatoms. The fourth-order valence-corrected chi connectivity index (χ4v) is 10.4. The lowest BCUT2D eigenvalue weighted by atomic mass is 9.58. The van der Waals surface area contributed by atoms with Gasteiger partial charge in [0.05, 0.1) is 22.5 Å². The maximum atomic E-state index is 7.06. The number of aromatic nitrogens is 3. The number of hydrogen-bond donors (Lipinski definition) is 0. The van der Waals surface area contributed by atoms with Gasteiger partial charge in [-0.25, -0.2) is 15.0 Å². The summed E-state index contributed by atoms with van der Waals surface area (Å²) in [6.07, 6.45) is 0.906. The highest BCUT2D eigenvalue weighted by atomic mass is 16.3. The lowest BCUT2D eigenvalue weighted by molar-refractivity contribution is 0.667. The zero-order valence-corrected chi connectivity index (χ0v) is 34.7. The van der Waals surface area contributed by atoms with Crippen LogP contribution < -0.4 is 4.90 Å². The Morgan fingerprint density at radius 2 is 0.844 bits per heavy atom. The number of nitrogens with zero attached hydrogens (tertiary/aromatic N) is 4. The molecular formula is C59H38N4O. The van der Waals surface area contributed by atoms with Crippen molar-refractivity contribution in [2.24, 2.45) is 0 Å². The van der Waals surface area contributed by atoms with Crippen molar-refractivity contribution in [3.8, 4) is 45.3 Å². The van der Waals surface area contributed by atoms with Gasteiger partial charge in [0.25, 0.3) is 0 Å². The first-order chi connectivity index (χ1) is 31.7. The smallest absolute Gasteiger partial charge is 0.164 e. The van der Waals surface area contributed by atoms with Crippen LogP contribution in [0.4, 0.5) is 17.1 Å². The van der Waals surface area contributed by atoms with Crippen molar-refractivity contribution < 1.29 is 4.42 Å². The van der Waals surface area contributed by atoms with E-state index in [2.05, 4.69) is 187 Å². The molecule has 0 N–H and O–H groups in total. The van der Waals surface area contributed by atoms with Crippen molar-refractivity contribution in [3.63, 3.8) is 0 Å². The molecule has 2 aliphatic rings. The molecule has 2 aromatic heterocycles. The molecule has 0 fully saturated rings. The van der Waals surface area contributed by atoms with E-state index in [9.17, 15) is 0 Å². The molecule has 0 atom stereocenters. The van der Waals surface area contributed by atoms with Gasteiger partial charge in [0.2, 0.25) is 0 Å². The quantitative estimate of drug-likeness (QED) is 0.173. The minimum absolute atomic E-state index is 0.503. The van der Waals surface area contributed by atoms with Crippen LogP contribution >= 0.6 is 0 Å². The van der Waals surface area contributed by atoms with E-state index in [0.29, 0.717) is 17.5 Å². The van der Waals surface area contributed by atoms with Crippen molar-refractivity contribution in [3.05, 3.63) is 252 Å². The predicted molar refractivity (Wildman–Crippen MR) is 258 cm³/mol. The highest BCUT2D eigenvalue weighted by Gasteiger charge is 2.50. The molecular weight excluding hydrogens is 781 g/mol. The molecule has 0 unspecified atom stereocenters. The highest BCUT2D eigenvalue weighted by Crippen LogP contribution is 2.60. The van der Waals surface area contributed by atoms with E-state index >= 15 is 0 Å². The van der Waals surface area contributed by atoms with Gasteiger partial charge in [-0.2, -0.15) is 0 Å². The molecule has 13 rings (SSSR count). The molecule has 0 saturated heterocycles. The number of para-hydroxylation sites is 3. The summed E-state index contributed by atoms with van der Waals surface area (Å²) in [6, 6.07) is 77.6. The molecule has 1 aliphatic heterocycles. The topological polar surface area (TPSA) is 55.1 Å². The van der Waals surface area contributed by atoms with E-state index in [1.807, 2.05) is 36.4 Å². The van der Waals surface area contributed by atoms with E-state index in [1.165, 1.54) is 33.4 Å². The molecule has 5 nitrogen and oxygen atoms in total. The van der Waals surface area contributed by atoms with Crippen molar-refractivity contribution >= 4 is 39.0 Å². The average Bonchev–Trinajstić information content (AvgIpc) is 3.75. The third kappa shape index (κ3) is 5.47. The van der Waals surface area contributed by atoms with E-state index in [4.69, 9.17) is 19.4 Å². The number of furan rings is 1. The second-order valence-corrected chi connectivity index (χ2v) is 16.7. The molecule has 0 bridgehead atoms. The summed E-state index contributed by atoms with van der Waals surface area (Å²) in [5, 5.41) is 2.07. The predicted octanol–water partition coefficient (Wildman–Crippen LogP) is 14.5. The van der Waals surface area contributed by atoms with Crippen LogP contribution in [-0.4, -0.2) is 15.0 Å². The fraction of sp³-hybridized carbons (Fsp3) is 0.0339. The second-order valence-electron chi connectivity index (χ2n) is 16.7. The first-order valence-corrected chi connectivity index (χ1v) is 21.8. The van der Waals surface area contributed by atoms with Crippen LogP contribution in [0.2, 0.25) is 0 Å². The summed E-state index contributed by atoms with van der Waals surface area (Å²) >= 11 is 0. The second kappa shape index (κ2) is 14.3. The van der Waals surface area contributed by atoms with E-state index < -0.39 is 5.41 Å². The lowest BCUT2D eigenvalue weighted by Gasteiger charge is -2.49. The van der Waals surface area contributed by atoms with Gasteiger partial charge in [0.15, 0.2) is 23.1 Å². The van der Waals surface area contributed by atoms with E-state index in [-0.39, 0.29) is 0 Å². The summed E-state index contributed by atoms with van der Waals surface area (Å²) in [7, 11) is 0. The van der Waals surface area contributed by atoms with Crippen molar-refractivity contribution in [1.82, 2.24) is 15.0 Å². The summed E-state index contributed by atoms with van der Waals surface area (Å²) in [4.78, 5) is 17.7. The van der Waals surface area contributed by atoms with Gasteiger partial charge in [-0.05, 0) is 87.3 Å². The van der Waals surface area contributed by atoms with Gasteiger partial charge in [-0.15, -0.1) is 0 Å². The first-order valence-electron chi connectivity index (χ1n) is 21.8. The Morgan fingerprint density at radius 3 is 1.50 bits per heavy atom. The van der Waals surface area contributed by atoms with Crippen molar-refractivity contribution in [2.45, 2.75) is 11.8 Å². The Morgan fingerprint density at radius 1 is 0.359 bits per heavy atom. The zero-order chi connectivity index (χ0) is 42.2. The summed E-state index contributed by atoms with van der Waals surface area (Å²) in [6.45, 7) is 0. The van der Waals surface area contributed by atoms with E-state index in [0.717, 1.165) is 73.2 Å². The van der Waals surface area contributed by atoms with Crippen LogP contribution in [0.1, 0.15) is 33.4 Å². The third-order valence-electron chi connectivity index (χ3n) is 13.2. The summed E-state index contributed by atoms with van der Waals surface area (Å²) in [5.74, 6) is 1.80. The Hall–Kier alpha value is -8.41. The van der Waals surface area contributed by atoms with E-state index in [1.54, 1.807) is 0 Å². The average molecular weight is 819 g/mol. The number of anilines is 3. The molecule has 1 aliphatic carbocycles. The van der Waals surface area contributed by atoms with Gasteiger partial charge in [-0.3, -0.25) is 0 Å². The minimum atomic E-state index is -0.503. The van der Waals surface area contributed by atoms with Crippen LogP contribution in [-0.2, 0) is 11.8 Å². The van der Waals surface area contributed by atoms with Crippen LogP contribution in [0.25, 0.3) is 67.2 Å². The Labute approximate surface area is 370 Å². The maximum absolute atomic E-state index is 7.06. The number of benzene rings is 9. The Bertz CT molecular complexity index is 3520. The highest BCUT2D eigenvalue weighted by molar-refractivity contribution is 6.11. The monoisotopic (exact) mass is 818 g/mol. The Kier molecular flexibility index (Phi) is 8.12. The van der Waals surface area contributed by atoms with Crippen molar-refractivity contribution in [2.75, 3.05) is 4.90 Å². The molecule has 0 radical (unpaired) electrons. The molecule has 300 valence electrons. The lowest BCUT2D eigenvalue weighted by Crippen LogP contribution is -2.41. The van der Waals surface area contributed by atoms with Crippen molar-refractivity contribution in [1.29, 1.82) is 0 Å². The van der Waals surface area contributed by atoms with Crippen LogP contribution in [0, 0.1) is 0 Å². The van der Waals surface area contributed by atoms with Gasteiger partial charge >= 0.3 is 0 Å². The van der Waals surface area contributed by atoms with Gasteiger partial charge in [0, 0.05) is 27.5 Å². The summed E-state index contributed by atoms with van der Waals surface area (Å²) in [5.41, 5.74) is 17.1. The molecule has 1 spiro atoms. The molecule has 3 heterocycles. The van der Waals surface area contributed by atoms with Crippen LogP contribution in [0.5, 0.6) is 0 Å². The number of rotatable bonds is 5. The maximum Gasteiger partial charge on any atom is 0.164 e. The Balaban J connectivity index is 0.980. The number of fused-ring (bicyclic) bond motifs is 11. The van der Waals surface area contributed by atoms with Gasteiger partial charge in [-0.1, -0.05) is 182 Å². The SMILES string of the molecule is c1ccc(-c2cccc(-c3nc(-c4ccccc4)nc(-c4ccc5c(c4)oc4c(N6c7ccccc7C7(c8ccccc8Cc8ccccc87)c7ccccc76)cccc45)n3)c2)cc1. The first kappa shape index (κ1) is 36.3. The molecule has 0 amide bonds. The number of hydrogen-bond acceptors (Lipinski definition) is 5. The van der Waals surface area contributed by atoms with Gasteiger partial charge < -0.3 is 9.32 Å². The third-order valence-corrected chi connectivity index (χ3v) is 13.2. The fourth-order valence-electron chi connectivity index (χ4n) is 10.4. The van der Waals surface area contributed by atoms with Crippen LogP contribution in [0.3, 0.4) is 0 Å². The standard InChI is InChI=1S/C59H38N4O/c1-3-17-38(18-4-1)40-23-15-24-43(35-40)57-60-56(39-19-5-2-6-20-39)61-58(62-57)44-33-34-45-46-25-16-32-53(55(46)64-54(45)37-44)63-51-30-13-11-28-49(51)59(50-29-12-14-31-52(50)63)47-26-9-7-21-41(47)36-42-22-8-10-27-48(42)59/h1-35,37H,36H2.